The number of aromatic nitrogens is 1. The number of aryl methyl sites for hydroxylation is 1. The van der Waals surface area contributed by atoms with Gasteiger partial charge in [0.1, 0.15) is 0 Å². The van der Waals surface area contributed by atoms with Crippen LogP contribution < -0.4 is 5.32 Å². The van der Waals surface area contributed by atoms with E-state index in [4.69, 9.17) is 4.52 Å². The van der Waals surface area contributed by atoms with Crippen LogP contribution in [0.15, 0.2) is 39.3 Å². The topological polar surface area (TPSA) is 38.1 Å². The summed E-state index contributed by atoms with van der Waals surface area (Å²) in [5.41, 5.74) is 2.17. The molecule has 90 valence electrons. The molecule has 0 aliphatic carbocycles. The Labute approximate surface area is 109 Å². The van der Waals surface area contributed by atoms with E-state index < -0.39 is 0 Å². The fraction of sp³-hybridized carbons (Fsp3) is 0.308. The molecule has 2 rings (SSSR count). The van der Waals surface area contributed by atoms with E-state index in [-0.39, 0.29) is 6.04 Å². The van der Waals surface area contributed by atoms with Gasteiger partial charge in [0.25, 0.3) is 0 Å². The second kappa shape index (κ2) is 5.47. The Bertz CT molecular complexity index is 478. The highest BCUT2D eigenvalue weighted by Crippen LogP contribution is 2.17. The molecule has 0 aliphatic rings. The molecule has 1 aromatic heterocycles. The lowest BCUT2D eigenvalue weighted by atomic mass is 10.1. The van der Waals surface area contributed by atoms with E-state index in [1.54, 1.807) is 0 Å². The number of hydrogen-bond acceptors (Lipinski definition) is 3. The van der Waals surface area contributed by atoms with Crippen molar-refractivity contribution in [3.05, 3.63) is 51.8 Å². The van der Waals surface area contributed by atoms with Gasteiger partial charge in [0.05, 0.1) is 12.2 Å². The average Bonchev–Trinajstić information content (AvgIpc) is 2.73. The predicted octanol–water partition coefficient (Wildman–Crippen LogP) is 3.60. The van der Waals surface area contributed by atoms with E-state index in [2.05, 4.69) is 45.5 Å². The van der Waals surface area contributed by atoms with Crippen LogP contribution >= 0.6 is 15.9 Å². The number of halogens is 1. The zero-order chi connectivity index (χ0) is 12.3. The molecule has 1 heterocycles. The van der Waals surface area contributed by atoms with Gasteiger partial charge >= 0.3 is 0 Å². The maximum atomic E-state index is 5.15. The van der Waals surface area contributed by atoms with Gasteiger partial charge in [-0.1, -0.05) is 33.2 Å². The van der Waals surface area contributed by atoms with Gasteiger partial charge in [-0.25, -0.2) is 0 Å². The molecular weight excluding hydrogens is 280 g/mol. The van der Waals surface area contributed by atoms with Crippen LogP contribution in [0, 0.1) is 6.92 Å². The first kappa shape index (κ1) is 12.3. The molecule has 0 saturated heterocycles. The molecule has 0 fully saturated rings. The van der Waals surface area contributed by atoms with Crippen LogP contribution in [0.5, 0.6) is 0 Å². The number of nitrogens with zero attached hydrogens (tertiary/aromatic N) is 1. The van der Waals surface area contributed by atoms with Gasteiger partial charge in [-0.2, -0.15) is 0 Å². The summed E-state index contributed by atoms with van der Waals surface area (Å²) in [6.07, 6.45) is 0. The Morgan fingerprint density at radius 2 is 2.06 bits per heavy atom. The van der Waals surface area contributed by atoms with Crippen molar-refractivity contribution in [2.24, 2.45) is 0 Å². The summed E-state index contributed by atoms with van der Waals surface area (Å²) in [4.78, 5) is 0. The summed E-state index contributed by atoms with van der Waals surface area (Å²) in [7, 11) is 0. The molecule has 1 N–H and O–H groups in total. The Morgan fingerprint density at radius 3 is 2.65 bits per heavy atom. The molecule has 0 radical (unpaired) electrons. The van der Waals surface area contributed by atoms with Gasteiger partial charge in [0.15, 0.2) is 5.76 Å². The minimum absolute atomic E-state index is 0.286. The summed E-state index contributed by atoms with van der Waals surface area (Å²) in [5.74, 6) is 0.867. The Kier molecular flexibility index (Phi) is 3.97. The van der Waals surface area contributed by atoms with Crippen molar-refractivity contribution >= 4 is 15.9 Å². The highest BCUT2D eigenvalue weighted by atomic mass is 79.9. The first-order valence-electron chi connectivity index (χ1n) is 5.56. The van der Waals surface area contributed by atoms with E-state index in [9.17, 15) is 0 Å². The molecule has 1 aromatic carbocycles. The lowest BCUT2D eigenvalue weighted by Gasteiger charge is -2.12. The summed E-state index contributed by atoms with van der Waals surface area (Å²) >= 11 is 3.43. The lowest BCUT2D eigenvalue weighted by Crippen LogP contribution is -2.17. The number of benzene rings is 1. The maximum Gasteiger partial charge on any atom is 0.150 e. The summed E-state index contributed by atoms with van der Waals surface area (Å²) in [6.45, 7) is 4.75. The Balaban J connectivity index is 1.93. The Hall–Kier alpha value is -1.13. The van der Waals surface area contributed by atoms with E-state index in [1.165, 1.54) is 5.56 Å². The standard InChI is InChI=1S/C13H15BrN2O/c1-9-7-13(17-16-9)8-15-10(2)11-3-5-12(14)6-4-11/h3-7,10,15H,8H2,1-2H3. The maximum absolute atomic E-state index is 5.15. The van der Waals surface area contributed by atoms with Crippen LogP contribution in [0.4, 0.5) is 0 Å². The van der Waals surface area contributed by atoms with Gasteiger partial charge in [0.2, 0.25) is 0 Å². The average molecular weight is 295 g/mol. The van der Waals surface area contributed by atoms with Gasteiger partial charge in [0, 0.05) is 16.6 Å². The molecule has 0 saturated carbocycles. The number of hydrogen-bond donors (Lipinski definition) is 1. The highest BCUT2D eigenvalue weighted by Gasteiger charge is 2.06. The second-order valence-electron chi connectivity index (χ2n) is 4.09. The van der Waals surface area contributed by atoms with Crippen LogP contribution in [0.3, 0.4) is 0 Å². The molecule has 2 aromatic rings. The van der Waals surface area contributed by atoms with Gasteiger partial charge in [-0.3, -0.25) is 0 Å². The molecule has 4 heteroatoms. The fourth-order valence-electron chi connectivity index (χ4n) is 1.62. The molecule has 0 bridgehead atoms. The van der Waals surface area contributed by atoms with Gasteiger partial charge in [-0.15, -0.1) is 0 Å². The second-order valence-corrected chi connectivity index (χ2v) is 5.00. The van der Waals surface area contributed by atoms with Gasteiger partial charge < -0.3 is 9.84 Å². The summed E-state index contributed by atoms with van der Waals surface area (Å²) in [5, 5.41) is 7.26. The van der Waals surface area contributed by atoms with Crippen molar-refractivity contribution in [2.75, 3.05) is 0 Å². The van der Waals surface area contributed by atoms with E-state index in [0.717, 1.165) is 15.9 Å². The van der Waals surface area contributed by atoms with Crippen molar-refractivity contribution in [3.8, 4) is 0 Å². The third-order valence-electron chi connectivity index (χ3n) is 2.63. The first-order chi connectivity index (χ1) is 8.15. The zero-order valence-corrected chi connectivity index (χ0v) is 11.5. The van der Waals surface area contributed by atoms with Crippen LogP contribution in [-0.4, -0.2) is 5.16 Å². The van der Waals surface area contributed by atoms with Crippen LogP contribution in [0.25, 0.3) is 0 Å². The summed E-state index contributed by atoms with van der Waals surface area (Å²) < 4.78 is 6.25. The third-order valence-corrected chi connectivity index (χ3v) is 3.16. The van der Waals surface area contributed by atoms with Crippen molar-refractivity contribution < 1.29 is 4.52 Å². The van der Waals surface area contributed by atoms with Crippen LogP contribution in [0.1, 0.15) is 30.0 Å². The third kappa shape index (κ3) is 3.41. The molecule has 0 amide bonds. The molecule has 17 heavy (non-hydrogen) atoms. The van der Waals surface area contributed by atoms with E-state index >= 15 is 0 Å². The normalized spacial score (nSPS) is 12.6. The number of rotatable bonds is 4. The van der Waals surface area contributed by atoms with Gasteiger partial charge in [-0.05, 0) is 31.5 Å². The van der Waals surface area contributed by atoms with Crippen molar-refractivity contribution in [1.29, 1.82) is 0 Å². The van der Waals surface area contributed by atoms with Crippen LogP contribution in [-0.2, 0) is 6.54 Å². The highest BCUT2D eigenvalue weighted by molar-refractivity contribution is 9.10. The van der Waals surface area contributed by atoms with E-state index in [1.807, 2.05) is 25.1 Å². The van der Waals surface area contributed by atoms with E-state index in [0.29, 0.717) is 6.54 Å². The minimum Gasteiger partial charge on any atom is -0.360 e. The molecule has 1 unspecified atom stereocenters. The fourth-order valence-corrected chi connectivity index (χ4v) is 1.89. The number of nitrogens with one attached hydrogen (secondary N) is 1. The van der Waals surface area contributed by atoms with Crippen LogP contribution in [0.2, 0.25) is 0 Å². The zero-order valence-electron chi connectivity index (χ0n) is 9.90. The SMILES string of the molecule is Cc1cc(CNC(C)c2ccc(Br)cc2)on1. The molecular formula is C13H15BrN2O. The molecule has 0 spiro atoms. The van der Waals surface area contributed by atoms with Crippen molar-refractivity contribution in [1.82, 2.24) is 10.5 Å². The Morgan fingerprint density at radius 1 is 1.35 bits per heavy atom. The smallest absolute Gasteiger partial charge is 0.150 e. The predicted molar refractivity (Wildman–Crippen MR) is 70.6 cm³/mol. The molecule has 1 atom stereocenters. The quantitative estimate of drug-likeness (QED) is 0.936. The largest absolute Gasteiger partial charge is 0.360 e. The monoisotopic (exact) mass is 294 g/mol. The molecule has 3 nitrogen and oxygen atoms in total. The van der Waals surface area contributed by atoms with Crippen molar-refractivity contribution in [2.45, 2.75) is 26.4 Å². The van der Waals surface area contributed by atoms with Crippen molar-refractivity contribution in [3.63, 3.8) is 0 Å². The first-order valence-corrected chi connectivity index (χ1v) is 6.35. The minimum atomic E-state index is 0.286. The molecule has 0 aliphatic heterocycles. The lowest BCUT2D eigenvalue weighted by molar-refractivity contribution is 0.363. The summed E-state index contributed by atoms with van der Waals surface area (Å²) in [6, 6.07) is 10.5.